The Balaban J connectivity index is 4.49. The van der Waals surface area contributed by atoms with Crippen molar-refractivity contribution in [2.75, 3.05) is 47.5 Å². The molecule has 0 fully saturated rings. The van der Waals surface area contributed by atoms with Crippen molar-refractivity contribution in [3.8, 4) is 0 Å². The minimum absolute atomic E-state index is 0.146. The number of quaternary nitrogens is 1. The molecule has 0 aliphatic rings. The van der Waals surface area contributed by atoms with Crippen LogP contribution in [0.2, 0.25) is 0 Å². The third-order valence-electron chi connectivity index (χ3n) is 8.93. The molecule has 0 amide bonds. The zero-order chi connectivity index (χ0) is 38.5. The highest BCUT2D eigenvalue weighted by molar-refractivity contribution is 5.70. The van der Waals surface area contributed by atoms with Crippen molar-refractivity contribution in [3.05, 3.63) is 24.3 Å². The Morgan fingerprint density at radius 2 is 1.08 bits per heavy atom. The number of ether oxygens (including phenoxy) is 4. The molecular formula is C43H79NO8. The first-order valence-electron chi connectivity index (χ1n) is 21.0. The monoisotopic (exact) mass is 738 g/mol. The summed E-state index contributed by atoms with van der Waals surface area (Å²) in [5, 5.41) is 11.7. The molecule has 2 unspecified atom stereocenters. The maximum Gasteiger partial charge on any atom is 0.306 e. The lowest BCUT2D eigenvalue weighted by Gasteiger charge is -2.26. The van der Waals surface area contributed by atoms with E-state index in [2.05, 4.69) is 38.2 Å². The Kier molecular flexibility index (Phi) is 34.2. The van der Waals surface area contributed by atoms with Crippen molar-refractivity contribution in [1.82, 2.24) is 0 Å². The molecule has 0 radical (unpaired) electrons. The van der Waals surface area contributed by atoms with E-state index in [9.17, 15) is 19.5 Å². The number of carboxylic acids is 1. The van der Waals surface area contributed by atoms with Gasteiger partial charge in [-0.25, -0.2) is 0 Å². The van der Waals surface area contributed by atoms with Gasteiger partial charge < -0.3 is 33.3 Å². The van der Waals surface area contributed by atoms with E-state index >= 15 is 0 Å². The largest absolute Gasteiger partial charge is 0.545 e. The van der Waals surface area contributed by atoms with Crippen molar-refractivity contribution >= 4 is 17.9 Å². The van der Waals surface area contributed by atoms with Gasteiger partial charge in [0.1, 0.15) is 13.2 Å². The molecule has 9 heteroatoms. The molecule has 0 saturated carbocycles. The van der Waals surface area contributed by atoms with Gasteiger partial charge in [0.15, 0.2) is 12.4 Å². The quantitative estimate of drug-likeness (QED) is 0.0203. The van der Waals surface area contributed by atoms with Crippen LogP contribution in [-0.4, -0.2) is 82.3 Å². The number of allylic oxidation sites excluding steroid dienone is 4. The predicted molar refractivity (Wildman–Crippen MR) is 209 cm³/mol. The molecule has 0 N–H and O–H groups in total. The Morgan fingerprint density at radius 1 is 0.577 bits per heavy atom. The van der Waals surface area contributed by atoms with Gasteiger partial charge in [-0.15, -0.1) is 0 Å². The lowest BCUT2D eigenvalue weighted by Crippen LogP contribution is -2.44. The van der Waals surface area contributed by atoms with Crippen LogP contribution in [0.4, 0.5) is 0 Å². The van der Waals surface area contributed by atoms with E-state index in [1.807, 2.05) is 21.1 Å². The SMILES string of the molecule is CCC/C=C\C/C=C\CCCCCCCC(=O)OC(COC(=O)CCCCCCCCCCCCCCCC)COC(OCC[N+](C)(C)C)C(=O)[O-]. The van der Waals surface area contributed by atoms with Crippen LogP contribution < -0.4 is 5.11 Å². The molecule has 0 rings (SSSR count). The average molecular weight is 738 g/mol. The van der Waals surface area contributed by atoms with Gasteiger partial charge in [0.05, 0.1) is 40.3 Å². The lowest BCUT2D eigenvalue weighted by molar-refractivity contribution is -0.870. The number of rotatable bonds is 38. The normalized spacial score (nSPS) is 13.2. The number of hydrogen-bond acceptors (Lipinski definition) is 8. The second-order valence-electron chi connectivity index (χ2n) is 15.3. The highest BCUT2D eigenvalue weighted by Gasteiger charge is 2.21. The summed E-state index contributed by atoms with van der Waals surface area (Å²) in [5.74, 6) is -2.30. The fourth-order valence-corrected chi connectivity index (χ4v) is 5.63. The molecule has 0 aromatic rings. The second kappa shape index (κ2) is 35.8. The van der Waals surface area contributed by atoms with E-state index < -0.39 is 24.3 Å². The van der Waals surface area contributed by atoms with Gasteiger partial charge in [-0.3, -0.25) is 9.59 Å². The van der Waals surface area contributed by atoms with Crippen LogP contribution in [-0.2, 0) is 33.3 Å². The van der Waals surface area contributed by atoms with Gasteiger partial charge in [-0.2, -0.15) is 0 Å². The molecule has 2 atom stereocenters. The zero-order valence-electron chi connectivity index (χ0n) is 34.2. The average Bonchev–Trinajstić information content (AvgIpc) is 3.09. The van der Waals surface area contributed by atoms with E-state index in [0.717, 1.165) is 64.2 Å². The van der Waals surface area contributed by atoms with Gasteiger partial charge in [-0.1, -0.05) is 147 Å². The van der Waals surface area contributed by atoms with E-state index in [-0.39, 0.29) is 32.2 Å². The summed E-state index contributed by atoms with van der Waals surface area (Å²) in [6.07, 6.45) is 33.5. The standard InChI is InChI=1S/C43H79NO8/c1-6-8-10-12-14-16-18-20-22-23-25-27-29-31-33-40(45)50-37-39(38-51-43(42(47)48)49-36-35-44(3,4)5)52-41(46)34-32-30-28-26-24-21-19-17-15-13-11-9-7-2/h11,13,17,19,39,43H,6-10,12,14-16,18,20-38H2,1-5H3/b13-11-,19-17-. The topological polar surface area (TPSA) is 111 Å². The van der Waals surface area contributed by atoms with E-state index in [0.29, 0.717) is 23.9 Å². The summed E-state index contributed by atoms with van der Waals surface area (Å²) in [5.41, 5.74) is 0. The fraction of sp³-hybridized carbons (Fsp3) is 0.837. The summed E-state index contributed by atoms with van der Waals surface area (Å²) in [4.78, 5) is 36.8. The number of esters is 2. The summed E-state index contributed by atoms with van der Waals surface area (Å²) < 4.78 is 22.5. The molecule has 0 aromatic carbocycles. The Labute approximate surface area is 318 Å². The Bertz CT molecular complexity index is 913. The second-order valence-corrected chi connectivity index (χ2v) is 15.3. The first-order chi connectivity index (χ1) is 25.1. The number of carboxylic acid groups (broad SMARTS) is 1. The predicted octanol–water partition coefficient (Wildman–Crippen LogP) is 9.16. The van der Waals surface area contributed by atoms with E-state index in [1.54, 1.807) is 0 Å². The number of unbranched alkanes of at least 4 members (excludes halogenated alkanes) is 19. The molecular weight excluding hydrogens is 658 g/mol. The van der Waals surface area contributed by atoms with Crippen molar-refractivity contribution in [2.24, 2.45) is 0 Å². The molecule has 9 nitrogen and oxygen atoms in total. The lowest BCUT2D eigenvalue weighted by atomic mass is 10.0. The highest BCUT2D eigenvalue weighted by atomic mass is 16.7. The number of carbonyl (C=O) groups is 3. The summed E-state index contributed by atoms with van der Waals surface area (Å²) in [7, 11) is 5.90. The number of hydrogen-bond donors (Lipinski definition) is 0. The van der Waals surface area contributed by atoms with Crippen LogP contribution >= 0.6 is 0 Å². The first-order valence-corrected chi connectivity index (χ1v) is 21.0. The van der Waals surface area contributed by atoms with Gasteiger partial charge in [0.2, 0.25) is 0 Å². The van der Waals surface area contributed by atoms with Crippen molar-refractivity contribution < 1.29 is 42.9 Å². The fourth-order valence-electron chi connectivity index (χ4n) is 5.63. The van der Waals surface area contributed by atoms with Gasteiger partial charge in [0.25, 0.3) is 0 Å². The van der Waals surface area contributed by atoms with Crippen molar-refractivity contribution in [3.63, 3.8) is 0 Å². The highest BCUT2D eigenvalue weighted by Crippen LogP contribution is 2.14. The minimum atomic E-state index is -1.62. The molecule has 0 saturated heterocycles. The van der Waals surface area contributed by atoms with Gasteiger partial charge in [0, 0.05) is 12.8 Å². The van der Waals surface area contributed by atoms with Crippen LogP contribution in [0.15, 0.2) is 24.3 Å². The van der Waals surface area contributed by atoms with Gasteiger partial charge in [-0.05, 0) is 38.5 Å². The van der Waals surface area contributed by atoms with Crippen LogP contribution in [0.1, 0.15) is 174 Å². The summed E-state index contributed by atoms with van der Waals surface area (Å²) in [6, 6.07) is 0. The number of nitrogens with zero attached hydrogens (tertiary/aromatic N) is 1. The molecule has 0 aliphatic heterocycles. The van der Waals surface area contributed by atoms with E-state index in [1.165, 1.54) is 77.0 Å². The van der Waals surface area contributed by atoms with Crippen LogP contribution in [0.5, 0.6) is 0 Å². The molecule has 0 spiro atoms. The Hall–Kier alpha value is -2.23. The smallest absolute Gasteiger partial charge is 0.306 e. The molecule has 52 heavy (non-hydrogen) atoms. The van der Waals surface area contributed by atoms with Crippen LogP contribution in [0.3, 0.4) is 0 Å². The molecule has 0 aromatic heterocycles. The van der Waals surface area contributed by atoms with Crippen molar-refractivity contribution in [2.45, 2.75) is 187 Å². The molecule has 304 valence electrons. The van der Waals surface area contributed by atoms with E-state index in [4.69, 9.17) is 18.9 Å². The number of carbonyl (C=O) groups excluding carboxylic acids is 3. The summed E-state index contributed by atoms with van der Waals surface area (Å²) in [6.45, 7) is 4.65. The summed E-state index contributed by atoms with van der Waals surface area (Å²) >= 11 is 0. The Morgan fingerprint density at radius 3 is 1.60 bits per heavy atom. The zero-order valence-corrected chi connectivity index (χ0v) is 34.2. The third kappa shape index (κ3) is 36.1. The molecule has 0 bridgehead atoms. The molecule has 0 aliphatic carbocycles. The van der Waals surface area contributed by atoms with Crippen molar-refractivity contribution in [1.29, 1.82) is 0 Å². The molecule has 0 heterocycles. The third-order valence-corrected chi connectivity index (χ3v) is 8.93. The van der Waals surface area contributed by atoms with Crippen LogP contribution in [0, 0.1) is 0 Å². The maximum absolute atomic E-state index is 12.7. The number of likely N-dealkylation sites (N-methyl/N-ethyl adjacent to an activating group) is 1. The number of aliphatic carboxylic acids is 1. The minimum Gasteiger partial charge on any atom is -0.545 e. The van der Waals surface area contributed by atoms with Gasteiger partial charge >= 0.3 is 11.9 Å². The van der Waals surface area contributed by atoms with Crippen LogP contribution in [0.25, 0.3) is 0 Å². The first kappa shape index (κ1) is 49.8. The maximum atomic E-state index is 12.7.